The van der Waals surface area contributed by atoms with Gasteiger partial charge in [-0.25, -0.2) is 8.42 Å². The Balaban J connectivity index is 3.12. The number of nitrogens with zero attached hydrogens (tertiary/aromatic N) is 1. The molecule has 1 atom stereocenters. The number of rotatable bonds is 3. The first-order chi connectivity index (χ1) is 7.16. The summed E-state index contributed by atoms with van der Waals surface area (Å²) in [7, 11) is -3.21. The maximum atomic E-state index is 11.6. The average Bonchev–Trinajstić information content (AvgIpc) is 2.16. The van der Waals surface area contributed by atoms with E-state index in [1.807, 2.05) is 19.1 Å². The van der Waals surface area contributed by atoms with Crippen molar-refractivity contribution in [1.82, 2.24) is 4.98 Å². The Morgan fingerprint density at radius 2 is 1.94 bits per heavy atom. The van der Waals surface area contributed by atoms with Gasteiger partial charge in [-0.1, -0.05) is 6.07 Å². The third kappa shape index (κ3) is 2.41. The third-order valence-corrected chi connectivity index (χ3v) is 5.16. The number of pyridine rings is 1. The van der Waals surface area contributed by atoms with Gasteiger partial charge >= 0.3 is 0 Å². The van der Waals surface area contributed by atoms with Gasteiger partial charge in [-0.2, -0.15) is 0 Å². The Bertz CT molecular complexity index is 463. The van der Waals surface area contributed by atoms with Crippen molar-refractivity contribution in [3.63, 3.8) is 0 Å². The fourth-order valence-electron chi connectivity index (χ4n) is 1.30. The standard InChI is InChI=1S/C11H18N2O2S/c1-8-5-6-9(7-13-8)10(12)11(2,3)16(4,14)15/h5-7,10H,12H2,1-4H3. The fraction of sp³-hybridized carbons (Fsp3) is 0.545. The van der Waals surface area contributed by atoms with Gasteiger partial charge in [0.15, 0.2) is 9.84 Å². The highest BCUT2D eigenvalue weighted by Crippen LogP contribution is 2.29. The first-order valence-corrected chi connectivity index (χ1v) is 6.93. The number of aromatic nitrogens is 1. The molecule has 0 radical (unpaired) electrons. The average molecular weight is 242 g/mol. The normalized spacial score (nSPS) is 14.8. The highest BCUT2D eigenvalue weighted by Gasteiger charge is 2.37. The van der Waals surface area contributed by atoms with Gasteiger partial charge in [0.2, 0.25) is 0 Å². The molecule has 0 saturated heterocycles. The van der Waals surface area contributed by atoms with E-state index in [1.165, 1.54) is 6.26 Å². The molecule has 1 rings (SSSR count). The molecule has 0 saturated carbocycles. The van der Waals surface area contributed by atoms with Crippen LogP contribution in [0.15, 0.2) is 18.3 Å². The minimum absolute atomic E-state index is 0.574. The van der Waals surface area contributed by atoms with Crippen molar-refractivity contribution >= 4 is 9.84 Å². The molecule has 90 valence electrons. The van der Waals surface area contributed by atoms with E-state index >= 15 is 0 Å². The largest absolute Gasteiger partial charge is 0.323 e. The Hall–Kier alpha value is -0.940. The molecule has 0 aliphatic carbocycles. The number of aryl methyl sites for hydroxylation is 1. The molecule has 5 heteroatoms. The van der Waals surface area contributed by atoms with Gasteiger partial charge in [0.25, 0.3) is 0 Å². The summed E-state index contributed by atoms with van der Waals surface area (Å²) in [5.41, 5.74) is 7.61. The van der Waals surface area contributed by atoms with Gasteiger partial charge in [-0.05, 0) is 32.4 Å². The summed E-state index contributed by atoms with van der Waals surface area (Å²) in [6.07, 6.45) is 2.83. The van der Waals surface area contributed by atoms with Crippen molar-refractivity contribution in [2.24, 2.45) is 5.73 Å². The SMILES string of the molecule is Cc1ccc(C(N)C(C)(C)S(C)(=O)=O)cn1. The van der Waals surface area contributed by atoms with Crippen molar-refractivity contribution in [1.29, 1.82) is 0 Å². The predicted octanol–water partition coefficient (Wildman–Crippen LogP) is 1.21. The second-order valence-electron chi connectivity index (χ2n) is 4.59. The molecule has 16 heavy (non-hydrogen) atoms. The minimum atomic E-state index is -3.21. The van der Waals surface area contributed by atoms with Crippen LogP contribution < -0.4 is 5.73 Å². The van der Waals surface area contributed by atoms with E-state index in [4.69, 9.17) is 5.73 Å². The van der Waals surface area contributed by atoms with Gasteiger partial charge in [-0.15, -0.1) is 0 Å². The molecule has 0 fully saturated rings. The summed E-state index contributed by atoms with van der Waals surface area (Å²) in [5.74, 6) is 0. The van der Waals surface area contributed by atoms with E-state index in [0.717, 1.165) is 11.3 Å². The molecular formula is C11H18N2O2S. The summed E-state index contributed by atoms with van der Waals surface area (Å²) in [4.78, 5) is 4.12. The van der Waals surface area contributed by atoms with Crippen LogP contribution in [0.25, 0.3) is 0 Å². The number of hydrogen-bond acceptors (Lipinski definition) is 4. The lowest BCUT2D eigenvalue weighted by Gasteiger charge is -2.29. The molecule has 0 bridgehead atoms. The van der Waals surface area contributed by atoms with E-state index in [2.05, 4.69) is 4.98 Å². The van der Waals surface area contributed by atoms with Crippen LogP contribution in [0.4, 0.5) is 0 Å². The van der Waals surface area contributed by atoms with Gasteiger partial charge in [0.1, 0.15) is 0 Å². The summed E-state index contributed by atoms with van der Waals surface area (Å²) in [6, 6.07) is 3.07. The number of sulfone groups is 1. The van der Waals surface area contributed by atoms with E-state index in [0.29, 0.717) is 0 Å². The molecule has 4 nitrogen and oxygen atoms in total. The molecule has 0 aliphatic rings. The van der Waals surface area contributed by atoms with Crippen LogP contribution in [0.2, 0.25) is 0 Å². The number of hydrogen-bond donors (Lipinski definition) is 1. The van der Waals surface area contributed by atoms with Crippen LogP contribution >= 0.6 is 0 Å². The predicted molar refractivity (Wildman–Crippen MR) is 64.8 cm³/mol. The maximum Gasteiger partial charge on any atom is 0.154 e. The molecule has 2 N–H and O–H groups in total. The van der Waals surface area contributed by atoms with Gasteiger partial charge < -0.3 is 5.73 Å². The zero-order valence-corrected chi connectivity index (χ0v) is 10.9. The van der Waals surface area contributed by atoms with E-state index in [-0.39, 0.29) is 0 Å². The monoisotopic (exact) mass is 242 g/mol. The van der Waals surface area contributed by atoms with Gasteiger partial charge in [-0.3, -0.25) is 4.98 Å². The lowest BCUT2D eigenvalue weighted by atomic mass is 9.97. The second kappa shape index (κ2) is 4.14. The van der Waals surface area contributed by atoms with Crippen molar-refractivity contribution in [3.05, 3.63) is 29.6 Å². The molecule has 1 aromatic heterocycles. The minimum Gasteiger partial charge on any atom is -0.323 e. The Morgan fingerprint density at radius 1 is 1.38 bits per heavy atom. The van der Waals surface area contributed by atoms with Gasteiger partial charge in [0.05, 0.1) is 10.8 Å². The molecule has 1 heterocycles. The summed E-state index contributed by atoms with van der Waals surface area (Å²) in [6.45, 7) is 5.14. The zero-order valence-electron chi connectivity index (χ0n) is 10.1. The lowest BCUT2D eigenvalue weighted by Crippen LogP contribution is -2.42. The van der Waals surface area contributed by atoms with E-state index in [1.54, 1.807) is 20.0 Å². The molecule has 1 unspecified atom stereocenters. The third-order valence-electron chi connectivity index (χ3n) is 3.00. The van der Waals surface area contributed by atoms with Crippen molar-refractivity contribution in [3.8, 4) is 0 Å². The van der Waals surface area contributed by atoms with Crippen LogP contribution in [-0.2, 0) is 9.84 Å². The highest BCUT2D eigenvalue weighted by atomic mass is 32.2. The Labute approximate surface area is 96.8 Å². The van der Waals surface area contributed by atoms with Crippen LogP contribution in [0, 0.1) is 6.92 Å². The Kier molecular flexibility index (Phi) is 3.40. The summed E-state index contributed by atoms with van der Waals surface area (Å²) in [5, 5.41) is 0. The fourth-order valence-corrected chi connectivity index (χ4v) is 1.89. The molecule has 1 aromatic rings. The van der Waals surface area contributed by atoms with Crippen LogP contribution in [0.5, 0.6) is 0 Å². The van der Waals surface area contributed by atoms with Crippen LogP contribution in [-0.4, -0.2) is 24.4 Å². The summed E-state index contributed by atoms with van der Waals surface area (Å²) < 4.78 is 22.3. The first kappa shape index (κ1) is 13.1. The Morgan fingerprint density at radius 3 is 2.31 bits per heavy atom. The topological polar surface area (TPSA) is 73.1 Å². The van der Waals surface area contributed by atoms with Crippen LogP contribution in [0.1, 0.15) is 31.1 Å². The van der Waals surface area contributed by atoms with Crippen molar-refractivity contribution in [2.75, 3.05) is 6.26 Å². The van der Waals surface area contributed by atoms with Crippen molar-refractivity contribution < 1.29 is 8.42 Å². The lowest BCUT2D eigenvalue weighted by molar-refractivity contribution is 0.496. The molecule has 0 aliphatic heterocycles. The quantitative estimate of drug-likeness (QED) is 0.864. The molecule has 0 aromatic carbocycles. The first-order valence-electron chi connectivity index (χ1n) is 5.04. The van der Waals surface area contributed by atoms with E-state index < -0.39 is 20.6 Å². The molecular weight excluding hydrogens is 224 g/mol. The molecule has 0 spiro atoms. The maximum absolute atomic E-state index is 11.6. The number of nitrogens with two attached hydrogens (primary N) is 1. The van der Waals surface area contributed by atoms with Gasteiger partial charge in [0, 0.05) is 18.1 Å². The molecule has 0 amide bonds. The van der Waals surface area contributed by atoms with Crippen molar-refractivity contribution in [2.45, 2.75) is 31.6 Å². The zero-order chi connectivity index (χ0) is 12.6. The van der Waals surface area contributed by atoms with E-state index in [9.17, 15) is 8.42 Å². The second-order valence-corrected chi connectivity index (χ2v) is 7.18. The highest BCUT2D eigenvalue weighted by molar-refractivity contribution is 7.92. The summed E-state index contributed by atoms with van der Waals surface area (Å²) >= 11 is 0. The van der Waals surface area contributed by atoms with Crippen LogP contribution in [0.3, 0.4) is 0 Å². The smallest absolute Gasteiger partial charge is 0.154 e.